The maximum Gasteiger partial charge on any atom is 0.242 e. The first-order valence-electron chi connectivity index (χ1n) is 8.90. The molecule has 2 aromatic carbocycles. The molecule has 1 aliphatic heterocycles. The average Bonchev–Trinajstić information content (AvgIpc) is 2.99. The summed E-state index contributed by atoms with van der Waals surface area (Å²) in [5, 5.41) is 2.75. The number of ether oxygens (including phenoxy) is 2. The summed E-state index contributed by atoms with van der Waals surface area (Å²) in [5.41, 5.74) is 2.32. The van der Waals surface area contributed by atoms with E-state index in [1.54, 1.807) is 46.4 Å². The van der Waals surface area contributed by atoms with E-state index in [2.05, 4.69) is 5.32 Å². The van der Waals surface area contributed by atoms with E-state index in [1.165, 1.54) is 10.4 Å². The third-order valence-corrected chi connectivity index (χ3v) is 6.87. The van der Waals surface area contributed by atoms with Crippen molar-refractivity contribution in [3.8, 4) is 11.5 Å². The van der Waals surface area contributed by atoms with Crippen LogP contribution in [0.3, 0.4) is 0 Å². The van der Waals surface area contributed by atoms with E-state index in [-0.39, 0.29) is 16.7 Å². The molecule has 28 heavy (non-hydrogen) atoms. The van der Waals surface area contributed by atoms with Gasteiger partial charge in [0, 0.05) is 19.3 Å². The van der Waals surface area contributed by atoms with Crippen LogP contribution in [0.5, 0.6) is 11.5 Å². The Labute approximate surface area is 165 Å². The van der Waals surface area contributed by atoms with Gasteiger partial charge < -0.3 is 14.8 Å². The van der Waals surface area contributed by atoms with Gasteiger partial charge >= 0.3 is 0 Å². The first-order valence-corrected chi connectivity index (χ1v) is 10.3. The molecule has 1 aliphatic rings. The monoisotopic (exact) mass is 404 g/mol. The number of anilines is 1. The number of hydrogen-bond donors (Lipinski definition) is 1. The quantitative estimate of drug-likeness (QED) is 0.767. The predicted molar refractivity (Wildman–Crippen MR) is 107 cm³/mol. The molecule has 0 saturated carbocycles. The standard InChI is InChI=1S/C20H24N2O5S/c1-13-16-12-15(6-7-17(16)21-20(13)23)28(24,25)22(2)10-9-14-5-8-18(26-3)19(11-14)27-4/h5-8,11-13H,9-10H2,1-4H3,(H,21,23)/t13-/m0/s1. The van der Waals surface area contributed by atoms with E-state index in [1.807, 2.05) is 12.1 Å². The van der Waals surface area contributed by atoms with Crippen molar-refractivity contribution >= 4 is 21.6 Å². The molecule has 0 unspecified atom stereocenters. The molecule has 1 N–H and O–H groups in total. The van der Waals surface area contributed by atoms with E-state index in [0.717, 1.165) is 5.56 Å². The van der Waals surface area contributed by atoms with Crippen molar-refractivity contribution in [3.63, 3.8) is 0 Å². The highest BCUT2D eigenvalue weighted by Crippen LogP contribution is 2.34. The van der Waals surface area contributed by atoms with Crippen LogP contribution in [-0.2, 0) is 21.2 Å². The number of nitrogens with one attached hydrogen (secondary N) is 1. The summed E-state index contributed by atoms with van der Waals surface area (Å²) in [5.74, 6) is 0.756. The zero-order chi connectivity index (χ0) is 20.5. The fraction of sp³-hybridized carbons (Fsp3) is 0.350. The molecule has 0 saturated heterocycles. The lowest BCUT2D eigenvalue weighted by molar-refractivity contribution is -0.116. The molecule has 0 spiro atoms. The largest absolute Gasteiger partial charge is 0.493 e. The van der Waals surface area contributed by atoms with Crippen molar-refractivity contribution in [2.24, 2.45) is 0 Å². The summed E-state index contributed by atoms with van der Waals surface area (Å²) in [6.07, 6.45) is 0.525. The fourth-order valence-corrected chi connectivity index (χ4v) is 4.39. The molecule has 1 heterocycles. The van der Waals surface area contributed by atoms with Crippen LogP contribution in [0, 0.1) is 0 Å². The van der Waals surface area contributed by atoms with Crippen molar-refractivity contribution in [1.82, 2.24) is 4.31 Å². The topological polar surface area (TPSA) is 84.9 Å². The number of amides is 1. The second-order valence-corrected chi connectivity index (χ2v) is 8.77. The fourth-order valence-electron chi connectivity index (χ4n) is 3.18. The van der Waals surface area contributed by atoms with Crippen LogP contribution < -0.4 is 14.8 Å². The lowest BCUT2D eigenvalue weighted by atomic mass is 10.0. The van der Waals surface area contributed by atoms with Gasteiger partial charge in [0.25, 0.3) is 0 Å². The molecule has 7 nitrogen and oxygen atoms in total. The highest BCUT2D eigenvalue weighted by molar-refractivity contribution is 7.89. The summed E-state index contributed by atoms with van der Waals surface area (Å²) in [7, 11) is 1.02. The molecule has 8 heteroatoms. The maximum absolute atomic E-state index is 12.9. The van der Waals surface area contributed by atoms with Gasteiger partial charge in [-0.3, -0.25) is 4.79 Å². The Kier molecular flexibility index (Phi) is 5.62. The van der Waals surface area contributed by atoms with E-state index in [0.29, 0.717) is 35.7 Å². The molecular weight excluding hydrogens is 380 g/mol. The molecule has 2 aromatic rings. The van der Waals surface area contributed by atoms with Gasteiger partial charge in [0.1, 0.15) is 0 Å². The van der Waals surface area contributed by atoms with Crippen LogP contribution in [0.1, 0.15) is 24.0 Å². The second-order valence-electron chi connectivity index (χ2n) is 6.73. The number of sulfonamides is 1. The average molecular weight is 404 g/mol. The predicted octanol–water partition coefficient (Wildman–Crippen LogP) is 2.62. The number of hydrogen-bond acceptors (Lipinski definition) is 5. The van der Waals surface area contributed by atoms with E-state index in [4.69, 9.17) is 9.47 Å². The molecule has 1 amide bonds. The second kappa shape index (κ2) is 7.81. The molecule has 0 radical (unpaired) electrons. The Bertz CT molecular complexity index is 1000. The van der Waals surface area contributed by atoms with Crippen LogP contribution in [0.2, 0.25) is 0 Å². The van der Waals surface area contributed by atoms with E-state index >= 15 is 0 Å². The zero-order valence-electron chi connectivity index (χ0n) is 16.4. The third-order valence-electron chi connectivity index (χ3n) is 5.01. The molecule has 0 aromatic heterocycles. The minimum atomic E-state index is -3.66. The molecule has 1 atom stereocenters. The van der Waals surface area contributed by atoms with Crippen molar-refractivity contribution in [1.29, 1.82) is 0 Å². The molecule has 3 rings (SSSR count). The number of methoxy groups -OCH3 is 2. The van der Waals surface area contributed by atoms with Gasteiger partial charge in [-0.1, -0.05) is 6.07 Å². The van der Waals surface area contributed by atoms with Gasteiger partial charge in [-0.2, -0.15) is 0 Å². The van der Waals surface area contributed by atoms with Crippen LogP contribution in [0.25, 0.3) is 0 Å². The Morgan fingerprint density at radius 3 is 2.46 bits per heavy atom. The van der Waals surface area contributed by atoms with Gasteiger partial charge in [-0.05, 0) is 54.8 Å². The van der Waals surface area contributed by atoms with Gasteiger partial charge in [-0.25, -0.2) is 12.7 Å². The zero-order valence-corrected chi connectivity index (χ0v) is 17.2. The van der Waals surface area contributed by atoms with Crippen molar-refractivity contribution in [2.45, 2.75) is 24.2 Å². The smallest absolute Gasteiger partial charge is 0.242 e. The van der Waals surface area contributed by atoms with Crippen molar-refractivity contribution in [2.75, 3.05) is 33.1 Å². The van der Waals surface area contributed by atoms with Gasteiger partial charge in [0.2, 0.25) is 15.9 Å². The first kappa shape index (κ1) is 20.2. The minimum absolute atomic E-state index is 0.119. The van der Waals surface area contributed by atoms with Gasteiger partial charge in [-0.15, -0.1) is 0 Å². The lowest BCUT2D eigenvalue weighted by Crippen LogP contribution is -2.29. The Morgan fingerprint density at radius 1 is 1.07 bits per heavy atom. The normalized spacial score (nSPS) is 16.0. The van der Waals surface area contributed by atoms with Crippen LogP contribution in [0.15, 0.2) is 41.3 Å². The summed E-state index contributed by atoms with van der Waals surface area (Å²) >= 11 is 0. The molecule has 0 aliphatic carbocycles. The van der Waals surface area contributed by atoms with Gasteiger partial charge in [0.05, 0.1) is 25.0 Å². The third kappa shape index (κ3) is 3.70. The molecule has 0 bridgehead atoms. The Morgan fingerprint density at radius 2 is 1.79 bits per heavy atom. The maximum atomic E-state index is 12.9. The SMILES string of the molecule is COc1ccc(CCN(C)S(=O)(=O)c2ccc3c(c2)[C@H](C)C(=O)N3)cc1OC. The van der Waals surface area contributed by atoms with Gasteiger partial charge in [0.15, 0.2) is 11.5 Å². The van der Waals surface area contributed by atoms with Crippen LogP contribution in [0.4, 0.5) is 5.69 Å². The van der Waals surface area contributed by atoms with Crippen molar-refractivity contribution < 1.29 is 22.7 Å². The number of nitrogens with zero attached hydrogens (tertiary/aromatic N) is 1. The molecular formula is C20H24N2O5S. The Hall–Kier alpha value is -2.58. The Balaban J connectivity index is 1.76. The summed E-state index contributed by atoms with van der Waals surface area (Å²) in [6, 6.07) is 10.3. The number of fused-ring (bicyclic) bond motifs is 1. The molecule has 150 valence electrons. The van der Waals surface area contributed by atoms with E-state index in [9.17, 15) is 13.2 Å². The summed E-state index contributed by atoms with van der Waals surface area (Å²) in [4.78, 5) is 12.0. The van der Waals surface area contributed by atoms with Crippen molar-refractivity contribution in [3.05, 3.63) is 47.5 Å². The van der Waals surface area contributed by atoms with Crippen LogP contribution >= 0.6 is 0 Å². The number of carbonyl (C=O) groups is 1. The minimum Gasteiger partial charge on any atom is -0.493 e. The summed E-state index contributed by atoms with van der Waals surface area (Å²) < 4.78 is 37.7. The number of benzene rings is 2. The van der Waals surface area contributed by atoms with Crippen LogP contribution in [-0.4, -0.2) is 46.4 Å². The number of likely N-dealkylation sites (N-methyl/N-ethyl adjacent to an activating group) is 1. The highest BCUT2D eigenvalue weighted by Gasteiger charge is 2.29. The van der Waals surface area contributed by atoms with E-state index < -0.39 is 10.0 Å². The highest BCUT2D eigenvalue weighted by atomic mass is 32.2. The number of carbonyl (C=O) groups excluding carboxylic acids is 1. The number of rotatable bonds is 7. The lowest BCUT2D eigenvalue weighted by Gasteiger charge is -2.18. The summed E-state index contributed by atoms with van der Waals surface area (Å²) in [6.45, 7) is 2.07. The first-order chi connectivity index (χ1) is 13.3. The molecule has 0 fully saturated rings.